The minimum atomic E-state index is -0.213. The number of nitrogens with zero attached hydrogens (tertiary/aromatic N) is 3. The van der Waals surface area contributed by atoms with E-state index in [9.17, 15) is 4.79 Å². The van der Waals surface area contributed by atoms with Crippen molar-refractivity contribution >= 4 is 18.3 Å². The molecule has 0 saturated carbocycles. The van der Waals surface area contributed by atoms with Crippen molar-refractivity contribution in [3.05, 3.63) is 11.7 Å². The van der Waals surface area contributed by atoms with E-state index in [4.69, 9.17) is 9.26 Å². The number of aromatic nitrogens is 2. The van der Waals surface area contributed by atoms with Crippen LogP contribution in [0.25, 0.3) is 0 Å². The van der Waals surface area contributed by atoms with Crippen LogP contribution in [0.3, 0.4) is 0 Å². The van der Waals surface area contributed by atoms with E-state index >= 15 is 0 Å². The number of rotatable bonds is 5. The highest BCUT2D eigenvalue weighted by molar-refractivity contribution is 5.85. The molecule has 0 radical (unpaired) electrons. The molecular formula is C12H21ClN4O3. The van der Waals surface area contributed by atoms with Crippen LogP contribution in [0.5, 0.6) is 0 Å². The molecule has 1 aromatic rings. The number of likely N-dealkylation sites (N-methyl/N-ethyl adjacent to an activating group) is 1. The number of hydrogen-bond donors (Lipinski definition) is 1. The van der Waals surface area contributed by atoms with E-state index in [2.05, 4.69) is 15.5 Å². The molecule has 114 valence electrons. The number of amides is 1. The van der Waals surface area contributed by atoms with Crippen LogP contribution in [0.15, 0.2) is 4.52 Å². The Balaban J connectivity index is 0.00000200. The molecule has 1 fully saturated rings. The van der Waals surface area contributed by atoms with Crippen molar-refractivity contribution in [2.45, 2.75) is 38.5 Å². The highest BCUT2D eigenvalue weighted by Crippen LogP contribution is 2.13. The van der Waals surface area contributed by atoms with E-state index in [1.165, 1.54) is 0 Å². The molecule has 1 aliphatic rings. The Morgan fingerprint density at radius 1 is 1.65 bits per heavy atom. The smallest absolute Gasteiger partial charge is 0.246 e. The van der Waals surface area contributed by atoms with Crippen molar-refractivity contribution in [1.29, 1.82) is 0 Å². The van der Waals surface area contributed by atoms with Gasteiger partial charge < -0.3 is 19.5 Å². The lowest BCUT2D eigenvalue weighted by molar-refractivity contribution is -0.132. The fraction of sp³-hybridized carbons (Fsp3) is 0.750. The quantitative estimate of drug-likeness (QED) is 0.871. The van der Waals surface area contributed by atoms with Crippen LogP contribution in [0, 0.1) is 0 Å². The van der Waals surface area contributed by atoms with Crippen LogP contribution in [0.1, 0.15) is 37.6 Å². The zero-order chi connectivity index (χ0) is 13.8. The van der Waals surface area contributed by atoms with E-state index in [1.54, 1.807) is 19.1 Å². The summed E-state index contributed by atoms with van der Waals surface area (Å²) in [4.78, 5) is 17.9. The maximum absolute atomic E-state index is 12.1. The SMILES string of the molecule is COC(C)c1noc(CN(C)C(=O)C2CCCN2)n1.Cl. The first kappa shape index (κ1) is 16.9. The molecule has 1 aromatic heterocycles. The van der Waals surface area contributed by atoms with Crippen molar-refractivity contribution in [2.24, 2.45) is 0 Å². The van der Waals surface area contributed by atoms with Gasteiger partial charge in [-0.25, -0.2) is 0 Å². The van der Waals surface area contributed by atoms with Crippen molar-refractivity contribution in [3.63, 3.8) is 0 Å². The van der Waals surface area contributed by atoms with E-state index in [0.29, 0.717) is 18.3 Å². The van der Waals surface area contributed by atoms with Crippen LogP contribution in [-0.4, -0.2) is 47.7 Å². The third-order valence-electron chi connectivity index (χ3n) is 3.31. The minimum Gasteiger partial charge on any atom is -0.374 e. The molecule has 2 atom stereocenters. The lowest BCUT2D eigenvalue weighted by atomic mass is 10.2. The fourth-order valence-electron chi connectivity index (χ4n) is 2.04. The van der Waals surface area contributed by atoms with Gasteiger partial charge in [0.1, 0.15) is 6.10 Å². The summed E-state index contributed by atoms with van der Waals surface area (Å²) in [6.07, 6.45) is 1.72. The van der Waals surface area contributed by atoms with Gasteiger partial charge >= 0.3 is 0 Å². The van der Waals surface area contributed by atoms with Gasteiger partial charge in [0.25, 0.3) is 0 Å². The molecule has 1 saturated heterocycles. The number of hydrogen-bond acceptors (Lipinski definition) is 6. The van der Waals surface area contributed by atoms with Gasteiger partial charge in [0.15, 0.2) is 5.82 Å². The molecule has 1 aliphatic heterocycles. The highest BCUT2D eigenvalue weighted by Gasteiger charge is 2.26. The first-order valence-electron chi connectivity index (χ1n) is 6.45. The van der Waals surface area contributed by atoms with Crippen LogP contribution in [-0.2, 0) is 16.1 Å². The molecule has 2 unspecified atom stereocenters. The van der Waals surface area contributed by atoms with Crippen molar-refractivity contribution < 1.29 is 14.1 Å². The number of carbonyl (C=O) groups excluding carboxylic acids is 1. The summed E-state index contributed by atoms with van der Waals surface area (Å²) in [6, 6.07) is -0.0784. The van der Waals surface area contributed by atoms with Crippen molar-refractivity contribution in [2.75, 3.05) is 20.7 Å². The maximum atomic E-state index is 12.1. The molecule has 0 spiro atoms. The van der Waals surface area contributed by atoms with Crippen molar-refractivity contribution in [3.8, 4) is 0 Å². The second kappa shape index (κ2) is 7.56. The Labute approximate surface area is 124 Å². The molecule has 2 heterocycles. The van der Waals surface area contributed by atoms with E-state index in [1.807, 2.05) is 6.92 Å². The van der Waals surface area contributed by atoms with Gasteiger partial charge in [-0.05, 0) is 26.3 Å². The Hall–Kier alpha value is -1.18. The molecule has 20 heavy (non-hydrogen) atoms. The van der Waals surface area contributed by atoms with Gasteiger partial charge in [0.05, 0.1) is 12.6 Å². The largest absolute Gasteiger partial charge is 0.374 e. The second-order valence-electron chi connectivity index (χ2n) is 4.77. The van der Waals surface area contributed by atoms with Gasteiger partial charge in [0, 0.05) is 14.2 Å². The molecule has 0 aromatic carbocycles. The van der Waals surface area contributed by atoms with Gasteiger partial charge in [-0.3, -0.25) is 4.79 Å². The Morgan fingerprint density at radius 2 is 2.40 bits per heavy atom. The van der Waals surface area contributed by atoms with Gasteiger partial charge in [-0.1, -0.05) is 5.16 Å². The van der Waals surface area contributed by atoms with Crippen LogP contribution in [0.4, 0.5) is 0 Å². The molecule has 1 amide bonds. The first-order valence-corrected chi connectivity index (χ1v) is 6.45. The number of methoxy groups -OCH3 is 1. The fourth-order valence-corrected chi connectivity index (χ4v) is 2.04. The van der Waals surface area contributed by atoms with Gasteiger partial charge in [-0.15, -0.1) is 12.4 Å². The third-order valence-corrected chi connectivity index (χ3v) is 3.31. The Morgan fingerprint density at radius 3 is 3.00 bits per heavy atom. The molecule has 8 heteroatoms. The van der Waals surface area contributed by atoms with Gasteiger partial charge in [0.2, 0.25) is 11.8 Å². The second-order valence-corrected chi connectivity index (χ2v) is 4.77. The summed E-state index contributed by atoms with van der Waals surface area (Å²) in [5.41, 5.74) is 0. The average Bonchev–Trinajstić information content (AvgIpc) is 3.07. The number of halogens is 1. The van der Waals surface area contributed by atoms with Gasteiger partial charge in [-0.2, -0.15) is 4.98 Å². The number of nitrogens with one attached hydrogen (secondary N) is 1. The monoisotopic (exact) mass is 304 g/mol. The molecule has 7 nitrogen and oxygen atoms in total. The molecule has 2 rings (SSSR count). The van der Waals surface area contributed by atoms with Crippen LogP contribution < -0.4 is 5.32 Å². The molecule has 0 bridgehead atoms. The highest BCUT2D eigenvalue weighted by atomic mass is 35.5. The molecular weight excluding hydrogens is 284 g/mol. The van der Waals surface area contributed by atoms with E-state index in [-0.39, 0.29) is 30.5 Å². The molecule has 1 N–H and O–H groups in total. The van der Waals surface area contributed by atoms with Crippen molar-refractivity contribution in [1.82, 2.24) is 20.4 Å². The zero-order valence-electron chi connectivity index (χ0n) is 12.0. The first-order chi connectivity index (χ1) is 9.11. The topological polar surface area (TPSA) is 80.5 Å². The lowest BCUT2D eigenvalue weighted by Crippen LogP contribution is -2.41. The minimum absolute atomic E-state index is 0. The molecule has 0 aliphatic carbocycles. The zero-order valence-corrected chi connectivity index (χ0v) is 12.8. The van der Waals surface area contributed by atoms with E-state index in [0.717, 1.165) is 19.4 Å². The number of ether oxygens (including phenoxy) is 1. The van der Waals surface area contributed by atoms with Crippen LogP contribution >= 0.6 is 12.4 Å². The summed E-state index contributed by atoms with van der Waals surface area (Å²) in [7, 11) is 3.33. The maximum Gasteiger partial charge on any atom is 0.246 e. The summed E-state index contributed by atoms with van der Waals surface area (Å²) in [5.74, 6) is 0.988. The summed E-state index contributed by atoms with van der Waals surface area (Å²) >= 11 is 0. The van der Waals surface area contributed by atoms with E-state index < -0.39 is 0 Å². The predicted molar refractivity (Wildman–Crippen MR) is 74.5 cm³/mol. The lowest BCUT2D eigenvalue weighted by Gasteiger charge is -2.19. The third kappa shape index (κ3) is 3.91. The normalized spacial score (nSPS) is 19.4. The van der Waals surface area contributed by atoms with Crippen LogP contribution in [0.2, 0.25) is 0 Å². The Kier molecular flexibility index (Phi) is 6.38. The number of carbonyl (C=O) groups is 1. The Bertz CT molecular complexity index is 434. The average molecular weight is 305 g/mol. The predicted octanol–water partition coefficient (Wildman–Crippen LogP) is 0.909. The summed E-state index contributed by atoms with van der Waals surface area (Å²) in [5, 5.41) is 7.01. The summed E-state index contributed by atoms with van der Waals surface area (Å²) < 4.78 is 10.2. The standard InChI is InChI=1S/C12H20N4O3.ClH/c1-8(18-3)11-14-10(19-15-11)7-16(2)12(17)9-5-4-6-13-9;/h8-9,13H,4-7H2,1-3H3;1H. The summed E-state index contributed by atoms with van der Waals surface area (Å²) in [6.45, 7) is 3.06.